The Bertz CT molecular complexity index is 1100. The third-order valence-corrected chi connectivity index (χ3v) is 9.32. The average Bonchev–Trinajstić information content (AvgIpc) is 3.07. The zero-order chi connectivity index (χ0) is 36.4. The number of rotatable bonds is 13. The summed E-state index contributed by atoms with van der Waals surface area (Å²) in [6, 6.07) is 15.7. The molecule has 0 fully saturated rings. The van der Waals surface area contributed by atoms with Gasteiger partial charge in [0.15, 0.2) is 0 Å². The van der Waals surface area contributed by atoms with Crippen molar-refractivity contribution in [2.24, 2.45) is 17.3 Å². The van der Waals surface area contributed by atoms with E-state index in [0.717, 1.165) is 6.42 Å². The van der Waals surface area contributed by atoms with E-state index in [9.17, 15) is 0 Å². The van der Waals surface area contributed by atoms with E-state index >= 15 is 0 Å². The van der Waals surface area contributed by atoms with Gasteiger partial charge >= 0.3 is 0 Å². The van der Waals surface area contributed by atoms with E-state index in [0.29, 0.717) is 23.2 Å². The summed E-state index contributed by atoms with van der Waals surface area (Å²) >= 11 is 0. The maximum Gasteiger partial charge on any atom is -0.00641 e. The van der Waals surface area contributed by atoms with Crippen molar-refractivity contribution in [2.45, 2.75) is 173 Å². The number of unbranched alkanes of at least 4 members (excludes halogenated alkanes) is 3. The van der Waals surface area contributed by atoms with E-state index in [1.165, 1.54) is 87.3 Å². The molecule has 0 saturated heterocycles. The first-order chi connectivity index (χ1) is 22.5. The second-order valence-corrected chi connectivity index (χ2v) is 14.1. The highest BCUT2D eigenvalue weighted by atomic mass is 14.4. The Morgan fingerprint density at radius 2 is 1.43 bits per heavy atom. The Morgan fingerprint density at radius 1 is 0.830 bits per heavy atom. The zero-order valence-electron chi connectivity index (χ0n) is 33.7. The van der Waals surface area contributed by atoms with Crippen molar-refractivity contribution in [3.8, 4) is 12.8 Å². The van der Waals surface area contributed by atoms with E-state index in [2.05, 4.69) is 130 Å². The van der Waals surface area contributed by atoms with E-state index < -0.39 is 0 Å². The highest BCUT2D eigenvalue weighted by Crippen LogP contribution is 2.48. The van der Waals surface area contributed by atoms with Crippen LogP contribution in [0.1, 0.15) is 175 Å². The molecule has 1 aliphatic carbocycles. The molecule has 2 aromatic carbocycles. The van der Waals surface area contributed by atoms with Crippen molar-refractivity contribution in [1.82, 2.24) is 0 Å². The van der Waals surface area contributed by atoms with Crippen LogP contribution >= 0.6 is 0 Å². The Labute approximate surface area is 296 Å². The molecular weight excluding hydrogens is 565 g/mol. The van der Waals surface area contributed by atoms with Crippen molar-refractivity contribution in [3.63, 3.8) is 0 Å². The topological polar surface area (TPSA) is 0 Å². The highest BCUT2D eigenvalue weighted by Gasteiger charge is 2.36. The maximum absolute atomic E-state index is 4.60. The van der Waals surface area contributed by atoms with Crippen molar-refractivity contribution in [1.29, 1.82) is 0 Å². The minimum atomic E-state index is 0.316. The van der Waals surface area contributed by atoms with E-state index in [1.807, 2.05) is 27.7 Å². The monoisotopic (exact) mass is 643 g/mol. The molecule has 3 atom stereocenters. The van der Waals surface area contributed by atoms with E-state index in [1.54, 1.807) is 22.3 Å². The average molecular weight is 643 g/mol. The fourth-order valence-electron chi connectivity index (χ4n) is 6.74. The number of hydrogen-bond acceptors (Lipinski definition) is 0. The fourth-order valence-corrected chi connectivity index (χ4v) is 6.74. The van der Waals surface area contributed by atoms with Crippen LogP contribution in [-0.4, -0.2) is 0 Å². The standard InChI is InChI=1S/C32H52.C9H12.2C2H6.C2H2/c1-10-12-14-16-27-20-26(6)31(28(22-27)21-25(5)24(4)15-13-11-2)29-19-23(3)17-18-30(29)32(7,8)9;1-2-6-9-7-4-3-5-8-9;3*1-2/h17,20,22,24,29-30H,5,10-16,18-19,21H2,1-4,6-9H3;3-5,7-8H,2,6H2,1H3;2*1-2H3;1-2H. The van der Waals surface area contributed by atoms with Crippen molar-refractivity contribution >= 4 is 0 Å². The van der Waals surface area contributed by atoms with Gasteiger partial charge in [0.2, 0.25) is 0 Å². The molecule has 0 amide bonds. The number of aryl methyl sites for hydroxylation is 3. The Morgan fingerprint density at radius 3 is 1.96 bits per heavy atom. The van der Waals surface area contributed by atoms with Gasteiger partial charge in [0.1, 0.15) is 0 Å². The molecule has 0 saturated carbocycles. The van der Waals surface area contributed by atoms with E-state index in [4.69, 9.17) is 0 Å². The zero-order valence-corrected chi connectivity index (χ0v) is 33.7. The van der Waals surface area contributed by atoms with Gasteiger partial charge in [-0.3, -0.25) is 0 Å². The molecule has 0 radical (unpaired) electrons. The van der Waals surface area contributed by atoms with Gasteiger partial charge in [-0.15, -0.1) is 12.8 Å². The molecule has 47 heavy (non-hydrogen) atoms. The van der Waals surface area contributed by atoms with Gasteiger partial charge in [-0.05, 0) is 110 Å². The van der Waals surface area contributed by atoms with Crippen molar-refractivity contribution in [3.05, 3.63) is 94.1 Å². The van der Waals surface area contributed by atoms with Crippen molar-refractivity contribution < 1.29 is 0 Å². The predicted octanol–water partition coefficient (Wildman–Crippen LogP) is 15.1. The smallest absolute Gasteiger partial charge is 0.00641 e. The van der Waals surface area contributed by atoms with Crippen LogP contribution in [0.15, 0.2) is 66.3 Å². The largest absolute Gasteiger partial charge is 0.124 e. The Balaban J connectivity index is 0. The van der Waals surface area contributed by atoms with Gasteiger partial charge in [-0.25, -0.2) is 0 Å². The number of benzene rings is 2. The SMILES string of the molecule is C#C.C=C(Cc1cc(CCCCC)cc(C)c1C1CC(C)=CCC1C(C)(C)C)C(C)CCCC.CC.CC.CCCc1ccccc1. The van der Waals surface area contributed by atoms with Crippen LogP contribution < -0.4 is 0 Å². The van der Waals surface area contributed by atoms with E-state index in [-0.39, 0.29) is 0 Å². The van der Waals surface area contributed by atoms with Crippen molar-refractivity contribution in [2.75, 3.05) is 0 Å². The quantitative estimate of drug-likeness (QED) is 0.116. The summed E-state index contributed by atoms with van der Waals surface area (Å²) in [4.78, 5) is 0. The molecule has 0 aromatic heterocycles. The Kier molecular flexibility index (Phi) is 27.2. The molecular formula is C47H78. The minimum Gasteiger partial charge on any atom is -0.124 e. The van der Waals surface area contributed by atoms with Crippen LogP contribution in [0.3, 0.4) is 0 Å². The molecule has 3 unspecified atom stereocenters. The second-order valence-electron chi connectivity index (χ2n) is 14.1. The van der Waals surface area contributed by atoms with Crippen LogP contribution in [-0.2, 0) is 19.3 Å². The molecule has 0 heteroatoms. The lowest BCUT2D eigenvalue weighted by atomic mass is 9.63. The second kappa shape index (κ2) is 27.4. The normalized spacial score (nSPS) is 15.9. The summed E-state index contributed by atoms with van der Waals surface area (Å²) in [5.41, 5.74) is 11.1. The number of terminal acetylenes is 1. The summed E-state index contributed by atoms with van der Waals surface area (Å²) in [6.07, 6.45) is 25.4. The first-order valence-corrected chi connectivity index (χ1v) is 19.3. The number of allylic oxidation sites excluding steroid dienone is 3. The third kappa shape index (κ3) is 18.0. The summed E-state index contributed by atoms with van der Waals surface area (Å²) in [5.74, 6) is 1.93. The summed E-state index contributed by atoms with van der Waals surface area (Å²) in [5, 5.41) is 0. The molecule has 3 rings (SSSR count). The van der Waals surface area contributed by atoms with Gasteiger partial charge in [-0.2, -0.15) is 0 Å². The van der Waals surface area contributed by atoms with Crippen LogP contribution in [0.2, 0.25) is 0 Å². The number of hydrogen-bond donors (Lipinski definition) is 0. The molecule has 0 bridgehead atoms. The van der Waals surface area contributed by atoms with Gasteiger partial charge < -0.3 is 0 Å². The predicted molar refractivity (Wildman–Crippen MR) is 218 cm³/mol. The maximum atomic E-state index is 4.60. The first-order valence-electron chi connectivity index (χ1n) is 19.3. The summed E-state index contributed by atoms with van der Waals surface area (Å²) in [7, 11) is 0. The van der Waals surface area contributed by atoms with Crippen LogP contribution in [0, 0.1) is 37.0 Å². The Hall–Kier alpha value is -2.52. The molecule has 0 spiro atoms. The van der Waals surface area contributed by atoms with Crippen LogP contribution in [0.4, 0.5) is 0 Å². The minimum absolute atomic E-state index is 0.316. The molecule has 0 heterocycles. The molecule has 2 aromatic rings. The lowest BCUT2D eigenvalue weighted by molar-refractivity contribution is 0.191. The molecule has 0 aliphatic heterocycles. The van der Waals surface area contributed by atoms with Gasteiger partial charge in [0.25, 0.3) is 0 Å². The van der Waals surface area contributed by atoms with Gasteiger partial charge in [0.05, 0.1) is 0 Å². The molecule has 0 N–H and O–H groups in total. The van der Waals surface area contributed by atoms with Crippen LogP contribution in [0.25, 0.3) is 0 Å². The van der Waals surface area contributed by atoms with Gasteiger partial charge in [0, 0.05) is 0 Å². The summed E-state index contributed by atoms with van der Waals surface area (Å²) in [6.45, 7) is 33.8. The van der Waals surface area contributed by atoms with Gasteiger partial charge in [-0.1, -0.05) is 175 Å². The molecule has 0 nitrogen and oxygen atoms in total. The lowest BCUT2D eigenvalue weighted by Crippen LogP contribution is -2.30. The third-order valence-electron chi connectivity index (χ3n) is 9.32. The lowest BCUT2D eigenvalue weighted by Gasteiger charge is -2.41. The highest BCUT2D eigenvalue weighted by molar-refractivity contribution is 5.45. The molecule has 266 valence electrons. The first kappa shape index (κ1) is 46.6. The summed E-state index contributed by atoms with van der Waals surface area (Å²) < 4.78 is 0. The van der Waals surface area contributed by atoms with Crippen LogP contribution in [0.5, 0.6) is 0 Å². The molecule has 1 aliphatic rings. The fraction of sp³-hybridized carbons (Fsp3) is 0.617.